The van der Waals surface area contributed by atoms with Crippen LogP contribution < -0.4 is 0 Å². The quantitative estimate of drug-likeness (QED) is 0.780. The summed E-state index contributed by atoms with van der Waals surface area (Å²) in [6, 6.07) is -0.403. The summed E-state index contributed by atoms with van der Waals surface area (Å²) in [6.07, 6.45) is -2.91. The highest BCUT2D eigenvalue weighted by Crippen LogP contribution is 2.24. The van der Waals surface area contributed by atoms with Crippen molar-refractivity contribution in [2.24, 2.45) is 0 Å². The number of morpholine rings is 1. The van der Waals surface area contributed by atoms with Gasteiger partial charge in [0, 0.05) is 19.6 Å². The molecule has 0 spiro atoms. The summed E-state index contributed by atoms with van der Waals surface area (Å²) in [5, 5.41) is 0. The lowest BCUT2D eigenvalue weighted by atomic mass is 10.1. The fourth-order valence-electron chi connectivity index (χ4n) is 2.71. The largest absolute Gasteiger partial charge is 0.406 e. The van der Waals surface area contributed by atoms with E-state index in [0.29, 0.717) is 26.1 Å². The Labute approximate surface area is 110 Å². The third-order valence-corrected chi connectivity index (χ3v) is 3.71. The first-order chi connectivity index (χ1) is 8.90. The van der Waals surface area contributed by atoms with Gasteiger partial charge >= 0.3 is 6.18 Å². The molecular weight excluding hydrogens is 261 g/mol. The third kappa shape index (κ3) is 3.60. The molecule has 2 aliphatic rings. The number of carbonyl (C=O) groups is 1. The van der Waals surface area contributed by atoms with E-state index >= 15 is 0 Å². The van der Waals surface area contributed by atoms with E-state index < -0.39 is 24.7 Å². The van der Waals surface area contributed by atoms with Gasteiger partial charge in [-0.25, -0.2) is 0 Å². The smallest absolute Gasteiger partial charge is 0.376 e. The summed E-state index contributed by atoms with van der Waals surface area (Å²) >= 11 is 0. The SMILES string of the molecule is CC[C@@H]1CN([C@H]2CCN(CC(F)(F)F)C2=O)CCO1. The first-order valence-corrected chi connectivity index (χ1v) is 6.62. The van der Waals surface area contributed by atoms with Crippen molar-refractivity contribution >= 4 is 5.91 Å². The van der Waals surface area contributed by atoms with E-state index in [1.165, 1.54) is 0 Å². The Morgan fingerprint density at radius 2 is 2.11 bits per heavy atom. The topological polar surface area (TPSA) is 32.8 Å². The summed E-state index contributed by atoms with van der Waals surface area (Å²) in [4.78, 5) is 14.9. The molecule has 0 radical (unpaired) electrons. The Balaban J connectivity index is 1.94. The molecule has 0 aliphatic carbocycles. The number of likely N-dealkylation sites (tertiary alicyclic amines) is 1. The van der Waals surface area contributed by atoms with Crippen LogP contribution in [0.4, 0.5) is 13.2 Å². The van der Waals surface area contributed by atoms with Gasteiger partial charge in [0.1, 0.15) is 6.54 Å². The maximum atomic E-state index is 12.3. The molecule has 0 bridgehead atoms. The van der Waals surface area contributed by atoms with Gasteiger partial charge in [-0.3, -0.25) is 9.69 Å². The molecule has 0 N–H and O–H groups in total. The van der Waals surface area contributed by atoms with Crippen molar-refractivity contribution in [3.63, 3.8) is 0 Å². The summed E-state index contributed by atoms with van der Waals surface area (Å²) in [7, 11) is 0. The molecule has 2 atom stereocenters. The number of rotatable bonds is 3. The molecule has 2 heterocycles. The van der Waals surface area contributed by atoms with Crippen molar-refractivity contribution in [1.82, 2.24) is 9.80 Å². The van der Waals surface area contributed by atoms with Crippen LogP contribution in [-0.4, -0.2) is 66.8 Å². The molecule has 0 aromatic carbocycles. The molecule has 2 aliphatic heterocycles. The van der Waals surface area contributed by atoms with Gasteiger partial charge in [0.2, 0.25) is 5.91 Å². The van der Waals surface area contributed by atoms with Crippen molar-refractivity contribution in [3.05, 3.63) is 0 Å². The van der Waals surface area contributed by atoms with Gasteiger partial charge in [-0.1, -0.05) is 6.92 Å². The number of alkyl halides is 3. The maximum Gasteiger partial charge on any atom is 0.406 e. The van der Waals surface area contributed by atoms with Crippen LogP contribution in [0.1, 0.15) is 19.8 Å². The molecule has 0 aromatic rings. The maximum absolute atomic E-state index is 12.3. The van der Waals surface area contributed by atoms with E-state index in [4.69, 9.17) is 4.74 Å². The number of halogens is 3. The van der Waals surface area contributed by atoms with E-state index in [9.17, 15) is 18.0 Å². The van der Waals surface area contributed by atoms with E-state index in [1.807, 2.05) is 11.8 Å². The second kappa shape index (κ2) is 5.66. The lowest BCUT2D eigenvalue weighted by Gasteiger charge is -2.35. The number of carbonyl (C=O) groups excluding carboxylic acids is 1. The molecule has 1 amide bonds. The van der Waals surface area contributed by atoms with Crippen LogP contribution in [0.2, 0.25) is 0 Å². The number of hydrogen-bond donors (Lipinski definition) is 0. The average molecular weight is 280 g/mol. The minimum absolute atomic E-state index is 0.0817. The number of ether oxygens (including phenoxy) is 1. The molecule has 7 heteroatoms. The molecule has 2 saturated heterocycles. The Bertz CT molecular complexity index is 335. The molecule has 0 unspecified atom stereocenters. The van der Waals surface area contributed by atoms with Crippen molar-refractivity contribution in [3.8, 4) is 0 Å². The van der Waals surface area contributed by atoms with Crippen molar-refractivity contribution in [2.75, 3.05) is 32.8 Å². The fourth-order valence-corrected chi connectivity index (χ4v) is 2.71. The molecular formula is C12H19F3N2O2. The third-order valence-electron chi connectivity index (χ3n) is 3.71. The minimum Gasteiger partial charge on any atom is -0.376 e. The molecule has 19 heavy (non-hydrogen) atoms. The highest BCUT2D eigenvalue weighted by Gasteiger charge is 2.42. The van der Waals surface area contributed by atoms with E-state index in [1.54, 1.807) is 0 Å². The van der Waals surface area contributed by atoms with Gasteiger partial charge in [-0.05, 0) is 12.8 Å². The first kappa shape index (κ1) is 14.6. The summed E-state index contributed by atoms with van der Waals surface area (Å²) < 4.78 is 42.5. The number of nitrogens with zero attached hydrogens (tertiary/aromatic N) is 2. The normalized spacial score (nSPS) is 30.1. The van der Waals surface area contributed by atoms with Gasteiger partial charge in [-0.15, -0.1) is 0 Å². The van der Waals surface area contributed by atoms with Crippen LogP contribution in [-0.2, 0) is 9.53 Å². The molecule has 110 valence electrons. The molecule has 4 nitrogen and oxygen atoms in total. The van der Waals surface area contributed by atoms with Gasteiger partial charge in [0.15, 0.2) is 0 Å². The summed E-state index contributed by atoms with van der Waals surface area (Å²) in [5.74, 6) is -0.394. The monoisotopic (exact) mass is 280 g/mol. The lowest BCUT2D eigenvalue weighted by molar-refractivity contribution is -0.160. The van der Waals surface area contributed by atoms with E-state index in [0.717, 1.165) is 11.3 Å². The number of amides is 1. The molecule has 2 fully saturated rings. The van der Waals surface area contributed by atoms with Gasteiger partial charge < -0.3 is 9.64 Å². The predicted molar refractivity (Wildman–Crippen MR) is 62.6 cm³/mol. The average Bonchev–Trinajstić information content (AvgIpc) is 2.69. The first-order valence-electron chi connectivity index (χ1n) is 6.62. The van der Waals surface area contributed by atoms with E-state index in [-0.39, 0.29) is 12.6 Å². The molecule has 2 rings (SSSR count). The fraction of sp³-hybridized carbons (Fsp3) is 0.917. The summed E-state index contributed by atoms with van der Waals surface area (Å²) in [5.41, 5.74) is 0. The van der Waals surface area contributed by atoms with Gasteiger partial charge in [0.05, 0.1) is 18.8 Å². The Morgan fingerprint density at radius 3 is 2.74 bits per heavy atom. The second-order valence-electron chi connectivity index (χ2n) is 5.08. The van der Waals surface area contributed by atoms with Crippen LogP contribution in [0.15, 0.2) is 0 Å². The predicted octanol–water partition coefficient (Wildman–Crippen LogP) is 1.26. The van der Waals surface area contributed by atoms with Crippen LogP contribution in [0, 0.1) is 0 Å². The Morgan fingerprint density at radius 1 is 1.37 bits per heavy atom. The summed E-state index contributed by atoms with van der Waals surface area (Å²) in [6.45, 7) is 2.85. The number of hydrogen-bond acceptors (Lipinski definition) is 3. The lowest BCUT2D eigenvalue weighted by Crippen LogP contribution is -2.51. The Kier molecular flexibility index (Phi) is 4.35. The van der Waals surface area contributed by atoms with Crippen LogP contribution >= 0.6 is 0 Å². The zero-order chi connectivity index (χ0) is 14.0. The second-order valence-corrected chi connectivity index (χ2v) is 5.08. The van der Waals surface area contributed by atoms with Crippen LogP contribution in [0.3, 0.4) is 0 Å². The highest BCUT2D eigenvalue weighted by atomic mass is 19.4. The zero-order valence-corrected chi connectivity index (χ0v) is 10.9. The highest BCUT2D eigenvalue weighted by molar-refractivity contribution is 5.84. The molecule has 0 aromatic heterocycles. The van der Waals surface area contributed by atoms with Crippen LogP contribution in [0.5, 0.6) is 0 Å². The van der Waals surface area contributed by atoms with Crippen molar-refractivity contribution in [1.29, 1.82) is 0 Å². The standard InChI is InChI=1S/C12H19F3N2O2/c1-2-9-7-16(5-6-19-9)10-3-4-17(11(10)18)8-12(13,14)15/h9-10H,2-8H2,1H3/t9-,10+/m1/s1. The van der Waals surface area contributed by atoms with Gasteiger partial charge in [-0.2, -0.15) is 13.2 Å². The van der Waals surface area contributed by atoms with Crippen molar-refractivity contribution < 1.29 is 22.7 Å². The Hall–Kier alpha value is -0.820. The zero-order valence-electron chi connectivity index (χ0n) is 10.9. The van der Waals surface area contributed by atoms with Gasteiger partial charge in [0.25, 0.3) is 0 Å². The van der Waals surface area contributed by atoms with Crippen molar-refractivity contribution in [2.45, 2.75) is 38.1 Å². The molecule has 0 saturated carbocycles. The van der Waals surface area contributed by atoms with Crippen LogP contribution in [0.25, 0.3) is 0 Å². The minimum atomic E-state index is -4.32. The van der Waals surface area contributed by atoms with E-state index in [2.05, 4.69) is 0 Å².